The first-order valence-electron chi connectivity index (χ1n) is 10.6. The van der Waals surface area contributed by atoms with Gasteiger partial charge < -0.3 is 20.1 Å². The number of carbonyl (C=O) groups excluding carboxylic acids is 1. The Kier molecular flexibility index (Phi) is 8.07. The maximum absolute atomic E-state index is 12.3. The van der Waals surface area contributed by atoms with Gasteiger partial charge in [0.05, 0.1) is 18.9 Å². The molecule has 1 fully saturated rings. The minimum atomic E-state index is -0.398. The number of carbonyl (C=O) groups is 1. The summed E-state index contributed by atoms with van der Waals surface area (Å²) in [5.74, 6) is 1.74. The highest BCUT2D eigenvalue weighted by Crippen LogP contribution is 2.22. The van der Waals surface area contributed by atoms with Gasteiger partial charge in [0.2, 0.25) is 0 Å². The lowest BCUT2D eigenvalue weighted by molar-refractivity contribution is 0.0322. The third-order valence-corrected chi connectivity index (χ3v) is 5.63. The van der Waals surface area contributed by atoms with E-state index in [1.807, 2.05) is 42.5 Å². The Labute approximate surface area is 200 Å². The molecule has 0 unspecified atom stereocenters. The van der Waals surface area contributed by atoms with Gasteiger partial charge in [-0.25, -0.2) is 14.8 Å². The number of para-hydroxylation sites is 1. The summed E-state index contributed by atoms with van der Waals surface area (Å²) in [5, 5.41) is 8.68. The molecule has 1 saturated heterocycles. The van der Waals surface area contributed by atoms with Crippen LogP contribution in [0.4, 0.5) is 27.8 Å². The van der Waals surface area contributed by atoms with Crippen molar-refractivity contribution in [2.75, 3.05) is 55.4 Å². The smallest absolute Gasteiger partial charge is 0.324 e. The number of nitrogens with zero attached hydrogens (tertiary/aromatic N) is 3. The number of urea groups is 1. The zero-order valence-corrected chi connectivity index (χ0v) is 19.5. The van der Waals surface area contributed by atoms with Crippen molar-refractivity contribution in [3.63, 3.8) is 0 Å². The molecule has 172 valence electrons. The van der Waals surface area contributed by atoms with Gasteiger partial charge in [-0.2, -0.15) is 0 Å². The zero-order valence-electron chi connectivity index (χ0n) is 18.0. The molecule has 0 bridgehead atoms. The van der Waals surface area contributed by atoms with E-state index < -0.39 is 6.03 Å². The molecule has 33 heavy (non-hydrogen) atoms. The molecule has 0 atom stereocenters. The summed E-state index contributed by atoms with van der Waals surface area (Å²) in [4.78, 5) is 22.9. The van der Waals surface area contributed by atoms with Crippen molar-refractivity contribution >= 4 is 45.0 Å². The van der Waals surface area contributed by atoms with Gasteiger partial charge in [-0.3, -0.25) is 10.2 Å². The van der Waals surface area contributed by atoms with Crippen LogP contribution in [0.1, 0.15) is 0 Å². The van der Waals surface area contributed by atoms with Crippen molar-refractivity contribution in [1.82, 2.24) is 14.9 Å². The summed E-state index contributed by atoms with van der Waals surface area (Å²) in [7, 11) is 0. The molecule has 10 heteroatoms. The molecule has 9 nitrogen and oxygen atoms in total. The van der Waals surface area contributed by atoms with Gasteiger partial charge in [0.1, 0.15) is 30.3 Å². The van der Waals surface area contributed by atoms with E-state index in [4.69, 9.17) is 9.47 Å². The first-order chi connectivity index (χ1) is 16.2. The fraction of sp³-hybridized carbons (Fsp3) is 0.261. The van der Waals surface area contributed by atoms with Crippen LogP contribution in [0.5, 0.6) is 5.75 Å². The lowest BCUT2D eigenvalue weighted by Gasteiger charge is -2.26. The number of anilines is 4. The standard InChI is InChI=1S/C23H25BrN6O3/c24-19-3-1-2-4-20(19)28-23(31)29-22-15-21(25-16-26-22)27-17-5-7-18(8-6-17)33-14-11-30-9-12-32-13-10-30/h1-8,15-16H,9-14H2,(H3,25,26,27,28,29,31). The van der Waals surface area contributed by atoms with Crippen molar-refractivity contribution < 1.29 is 14.3 Å². The monoisotopic (exact) mass is 512 g/mol. The SMILES string of the molecule is O=C(Nc1cc(Nc2ccc(OCCN3CCOCC3)cc2)ncn1)Nc1ccccc1Br. The molecule has 2 amide bonds. The Morgan fingerprint density at radius 2 is 1.79 bits per heavy atom. The summed E-state index contributed by atoms with van der Waals surface area (Å²) in [6, 6.07) is 16.3. The van der Waals surface area contributed by atoms with Crippen LogP contribution in [0.2, 0.25) is 0 Å². The van der Waals surface area contributed by atoms with Crippen LogP contribution in [0.15, 0.2) is 65.4 Å². The lowest BCUT2D eigenvalue weighted by Crippen LogP contribution is -2.38. The first-order valence-corrected chi connectivity index (χ1v) is 11.4. The van der Waals surface area contributed by atoms with Crippen LogP contribution in [0.3, 0.4) is 0 Å². The van der Waals surface area contributed by atoms with Crippen LogP contribution < -0.4 is 20.7 Å². The molecule has 0 radical (unpaired) electrons. The van der Waals surface area contributed by atoms with E-state index in [1.54, 1.807) is 12.1 Å². The third kappa shape index (κ3) is 7.14. The van der Waals surface area contributed by atoms with E-state index in [9.17, 15) is 4.79 Å². The van der Waals surface area contributed by atoms with Crippen molar-refractivity contribution in [2.24, 2.45) is 0 Å². The lowest BCUT2D eigenvalue weighted by atomic mass is 10.3. The van der Waals surface area contributed by atoms with E-state index >= 15 is 0 Å². The summed E-state index contributed by atoms with van der Waals surface area (Å²) >= 11 is 3.40. The number of morpholine rings is 1. The number of aromatic nitrogens is 2. The van der Waals surface area contributed by atoms with Crippen molar-refractivity contribution in [2.45, 2.75) is 0 Å². The third-order valence-electron chi connectivity index (χ3n) is 4.94. The largest absolute Gasteiger partial charge is 0.492 e. The van der Waals surface area contributed by atoms with Crippen molar-refractivity contribution in [3.05, 3.63) is 65.4 Å². The van der Waals surface area contributed by atoms with Crippen LogP contribution in [-0.2, 0) is 4.74 Å². The Bertz CT molecular complexity index is 1060. The number of hydrogen-bond acceptors (Lipinski definition) is 7. The fourth-order valence-corrected chi connectivity index (χ4v) is 3.61. The van der Waals surface area contributed by atoms with E-state index in [0.717, 1.165) is 48.8 Å². The van der Waals surface area contributed by atoms with E-state index in [-0.39, 0.29) is 0 Å². The molecule has 0 aliphatic carbocycles. The molecular weight excluding hydrogens is 488 g/mol. The molecular formula is C23H25BrN6O3. The van der Waals surface area contributed by atoms with Gasteiger partial charge in [0.15, 0.2) is 0 Å². The van der Waals surface area contributed by atoms with Gasteiger partial charge >= 0.3 is 6.03 Å². The number of hydrogen-bond donors (Lipinski definition) is 3. The van der Waals surface area contributed by atoms with Gasteiger partial charge in [-0.05, 0) is 52.3 Å². The number of rotatable bonds is 8. The highest BCUT2D eigenvalue weighted by Gasteiger charge is 2.10. The summed E-state index contributed by atoms with van der Waals surface area (Å²) < 4.78 is 12.0. The quantitative estimate of drug-likeness (QED) is 0.412. The predicted octanol–water partition coefficient (Wildman–Crippen LogP) is 4.34. The Balaban J connectivity index is 1.27. The number of ether oxygens (including phenoxy) is 2. The van der Waals surface area contributed by atoms with E-state index in [0.29, 0.717) is 23.9 Å². The molecule has 2 heterocycles. The van der Waals surface area contributed by atoms with Crippen molar-refractivity contribution in [1.29, 1.82) is 0 Å². The molecule has 1 aliphatic heterocycles. The Hall–Kier alpha value is -3.21. The Morgan fingerprint density at radius 3 is 2.58 bits per heavy atom. The van der Waals surface area contributed by atoms with Crippen molar-refractivity contribution in [3.8, 4) is 5.75 Å². The second-order valence-corrected chi connectivity index (χ2v) is 8.15. The topological polar surface area (TPSA) is 101 Å². The zero-order chi connectivity index (χ0) is 22.9. The van der Waals surface area contributed by atoms with E-state index in [1.165, 1.54) is 6.33 Å². The maximum atomic E-state index is 12.3. The number of nitrogens with one attached hydrogen (secondary N) is 3. The van der Waals surface area contributed by atoms with Gasteiger partial charge in [0, 0.05) is 35.9 Å². The predicted molar refractivity (Wildman–Crippen MR) is 131 cm³/mol. The van der Waals surface area contributed by atoms with Gasteiger partial charge in [0.25, 0.3) is 0 Å². The highest BCUT2D eigenvalue weighted by molar-refractivity contribution is 9.10. The summed E-state index contributed by atoms with van der Waals surface area (Å²) in [6.45, 7) is 5.00. The Morgan fingerprint density at radius 1 is 1.03 bits per heavy atom. The normalized spacial score (nSPS) is 13.8. The van der Waals surface area contributed by atoms with Crippen LogP contribution in [0.25, 0.3) is 0 Å². The molecule has 4 rings (SSSR count). The molecule has 3 aromatic rings. The van der Waals surface area contributed by atoms with E-state index in [2.05, 4.69) is 46.7 Å². The van der Waals surface area contributed by atoms with Crippen LogP contribution in [0, 0.1) is 0 Å². The average Bonchev–Trinajstić information content (AvgIpc) is 2.83. The molecule has 3 N–H and O–H groups in total. The molecule has 1 aliphatic rings. The number of halogens is 1. The number of benzene rings is 2. The summed E-state index contributed by atoms with van der Waals surface area (Å²) in [6.07, 6.45) is 1.39. The minimum absolute atomic E-state index is 0.375. The first kappa shape index (κ1) is 23.0. The average molecular weight is 513 g/mol. The number of amides is 2. The molecule has 0 saturated carbocycles. The van der Waals surface area contributed by atoms with Crippen LogP contribution in [-0.4, -0.2) is 60.4 Å². The maximum Gasteiger partial charge on any atom is 0.324 e. The molecule has 1 aromatic heterocycles. The highest BCUT2D eigenvalue weighted by atomic mass is 79.9. The second kappa shape index (κ2) is 11.6. The molecule has 2 aromatic carbocycles. The second-order valence-electron chi connectivity index (χ2n) is 7.30. The minimum Gasteiger partial charge on any atom is -0.492 e. The molecule has 0 spiro atoms. The fourth-order valence-electron chi connectivity index (χ4n) is 3.23. The van der Waals surface area contributed by atoms with Gasteiger partial charge in [-0.1, -0.05) is 12.1 Å². The summed E-state index contributed by atoms with van der Waals surface area (Å²) in [5.41, 5.74) is 1.51. The van der Waals surface area contributed by atoms with Gasteiger partial charge in [-0.15, -0.1) is 0 Å². The van der Waals surface area contributed by atoms with Crippen LogP contribution >= 0.6 is 15.9 Å².